The number of aliphatic carboxylic acids is 2. The molecule has 2 amide bonds. The number of benzene rings is 1. The van der Waals surface area contributed by atoms with Crippen LogP contribution in [-0.2, 0) is 44.5 Å². The van der Waals surface area contributed by atoms with E-state index in [-0.39, 0.29) is 43.5 Å². The molecule has 23 heteroatoms. The van der Waals surface area contributed by atoms with Crippen LogP contribution in [0, 0.1) is 12.8 Å². The fraction of sp³-hybridized carbons (Fsp3) is 0.464. The maximum Gasteiger partial charge on any atom is 0.490 e. The number of carboxylic acids is 2. The van der Waals surface area contributed by atoms with Crippen LogP contribution in [0.15, 0.2) is 30.3 Å². The van der Waals surface area contributed by atoms with E-state index in [0.29, 0.717) is 23.6 Å². The van der Waals surface area contributed by atoms with Gasteiger partial charge in [0.1, 0.15) is 11.9 Å². The molecule has 3 rings (SSSR count). The van der Waals surface area contributed by atoms with Crippen molar-refractivity contribution in [2.24, 2.45) is 5.92 Å². The van der Waals surface area contributed by atoms with Crippen LogP contribution < -0.4 is 21.7 Å². The number of amides is 2. The molecule has 2 aromatic rings. The van der Waals surface area contributed by atoms with Crippen LogP contribution in [0.3, 0.4) is 0 Å². The molecule has 1 aromatic carbocycles. The minimum absolute atomic E-state index is 0.0746. The Bertz CT molecular complexity index is 1490. The number of carbonyl (C=O) groups is 4. The average molecular weight is 760 g/mol. The number of nitrogens with two attached hydrogens (primary N) is 1. The largest absolute Gasteiger partial charge is 0.490 e. The number of pyridine rings is 1. The second kappa shape index (κ2) is 17.4. The molecule has 7 N–H and O–H groups in total. The van der Waals surface area contributed by atoms with Crippen molar-refractivity contribution in [3.05, 3.63) is 58.3 Å². The summed E-state index contributed by atoms with van der Waals surface area (Å²) in [6.07, 6.45) is -19.9. The molecule has 1 aromatic heterocycles. The standard InChI is InChI=1S/C24H27F6N5O2.2C2HF3O2/c1-12-16(3-4-20(31)34-12)11-33-21(36)13(2)35-22(37)19-8-15(10-32-19)5-14-6-17(23(25,26)27)9-18(7-14)24(28,29)30;2*3-2(4,5)1(6)7/h3-4,6-7,9,13,15,19,32H,5,8,10-11H2,1-2H3,(H2,31,34)(H,33,36)(H,35,37);2*(H,6,7)/t13-,15-,19+;;/m0../s1. The fourth-order valence-electron chi connectivity index (χ4n) is 4.15. The number of nitrogen functional groups attached to an aromatic ring is 1. The number of hydrogen-bond donors (Lipinski definition) is 6. The zero-order valence-electron chi connectivity index (χ0n) is 26.0. The van der Waals surface area contributed by atoms with E-state index >= 15 is 0 Å². The predicted octanol–water partition coefficient (Wildman–Crippen LogP) is 4.62. The van der Waals surface area contributed by atoms with Gasteiger partial charge in [-0.1, -0.05) is 6.07 Å². The van der Waals surface area contributed by atoms with E-state index in [1.54, 1.807) is 19.1 Å². The van der Waals surface area contributed by atoms with Crippen LogP contribution in [-0.4, -0.2) is 69.9 Å². The van der Waals surface area contributed by atoms with Crippen LogP contribution in [0.25, 0.3) is 0 Å². The molecule has 51 heavy (non-hydrogen) atoms. The first-order valence-electron chi connectivity index (χ1n) is 13.9. The van der Waals surface area contributed by atoms with E-state index in [1.807, 2.05) is 0 Å². The molecular formula is C28H29F12N5O6. The topological polar surface area (TPSA) is 184 Å². The van der Waals surface area contributed by atoms with Gasteiger partial charge in [-0.3, -0.25) is 9.59 Å². The number of alkyl halides is 12. The number of hydrogen-bond acceptors (Lipinski definition) is 7. The molecule has 0 aliphatic carbocycles. The van der Waals surface area contributed by atoms with Crippen LogP contribution in [0.2, 0.25) is 0 Å². The van der Waals surface area contributed by atoms with Gasteiger partial charge in [0, 0.05) is 12.2 Å². The summed E-state index contributed by atoms with van der Waals surface area (Å²) < 4.78 is 142. The Labute approximate surface area is 279 Å². The van der Waals surface area contributed by atoms with E-state index in [0.717, 1.165) is 5.56 Å². The molecule has 2 heterocycles. The van der Waals surface area contributed by atoms with Crippen molar-refractivity contribution in [3.63, 3.8) is 0 Å². The number of aromatic nitrogens is 1. The van der Waals surface area contributed by atoms with E-state index in [2.05, 4.69) is 20.9 Å². The Morgan fingerprint density at radius 2 is 1.35 bits per heavy atom. The van der Waals surface area contributed by atoms with Crippen molar-refractivity contribution < 1.29 is 82.1 Å². The van der Waals surface area contributed by atoms with Crippen LogP contribution in [0.5, 0.6) is 0 Å². The number of carbonyl (C=O) groups excluding carboxylic acids is 2. The first-order valence-corrected chi connectivity index (χ1v) is 13.9. The van der Waals surface area contributed by atoms with Crippen LogP contribution in [0.1, 0.15) is 41.3 Å². The maximum atomic E-state index is 13.1. The van der Waals surface area contributed by atoms with Crippen molar-refractivity contribution in [1.29, 1.82) is 0 Å². The molecule has 1 aliphatic rings. The fourth-order valence-corrected chi connectivity index (χ4v) is 4.15. The molecule has 1 saturated heterocycles. The number of aryl methyl sites for hydroxylation is 1. The SMILES string of the molecule is Cc1nc(N)ccc1CNC(=O)[C@H](C)NC(=O)[C@H]1C[C@H](Cc2cc(C(F)(F)F)cc(C(F)(F)F)c2)CN1.O=C(O)C(F)(F)F.O=C(O)C(F)(F)F. The highest BCUT2D eigenvalue weighted by atomic mass is 19.4. The van der Waals surface area contributed by atoms with Gasteiger partial charge in [-0.15, -0.1) is 0 Å². The molecule has 286 valence electrons. The minimum Gasteiger partial charge on any atom is -0.475 e. The summed E-state index contributed by atoms with van der Waals surface area (Å²) in [6.45, 7) is 3.64. The van der Waals surface area contributed by atoms with Gasteiger partial charge in [0.05, 0.1) is 17.2 Å². The van der Waals surface area contributed by atoms with Gasteiger partial charge >= 0.3 is 36.6 Å². The zero-order valence-corrected chi connectivity index (χ0v) is 26.0. The van der Waals surface area contributed by atoms with E-state index in [9.17, 15) is 62.3 Å². The smallest absolute Gasteiger partial charge is 0.475 e. The monoisotopic (exact) mass is 759 g/mol. The molecule has 1 fully saturated rings. The second-order valence-corrected chi connectivity index (χ2v) is 10.7. The highest BCUT2D eigenvalue weighted by Gasteiger charge is 2.40. The van der Waals surface area contributed by atoms with E-state index in [1.165, 1.54) is 6.92 Å². The lowest BCUT2D eigenvalue weighted by molar-refractivity contribution is -0.193. The van der Waals surface area contributed by atoms with Gasteiger partial charge in [0.25, 0.3) is 0 Å². The summed E-state index contributed by atoms with van der Waals surface area (Å²) in [4.78, 5) is 46.9. The molecule has 0 radical (unpaired) electrons. The Kier molecular flexibility index (Phi) is 15.1. The lowest BCUT2D eigenvalue weighted by atomic mass is 9.93. The molecule has 3 atom stereocenters. The third kappa shape index (κ3) is 15.3. The van der Waals surface area contributed by atoms with Gasteiger partial charge in [-0.05, 0) is 74.5 Å². The number of nitrogens with zero attached hydrogens (tertiary/aromatic N) is 1. The normalized spacial score (nSPS) is 16.8. The predicted molar refractivity (Wildman–Crippen MR) is 150 cm³/mol. The number of nitrogens with one attached hydrogen (secondary N) is 3. The second-order valence-electron chi connectivity index (χ2n) is 10.7. The lowest BCUT2D eigenvalue weighted by Crippen LogP contribution is -2.50. The van der Waals surface area contributed by atoms with Crippen molar-refractivity contribution >= 4 is 29.6 Å². The van der Waals surface area contributed by atoms with Gasteiger partial charge in [0.15, 0.2) is 0 Å². The number of halogens is 12. The Morgan fingerprint density at radius 1 is 0.882 bits per heavy atom. The number of rotatable bonds is 7. The van der Waals surface area contributed by atoms with Gasteiger partial charge in [0.2, 0.25) is 11.8 Å². The molecule has 0 unspecified atom stereocenters. The summed E-state index contributed by atoms with van der Waals surface area (Å²) in [5.74, 6) is -6.46. The van der Waals surface area contributed by atoms with Crippen LogP contribution in [0.4, 0.5) is 58.5 Å². The summed E-state index contributed by atoms with van der Waals surface area (Å²) in [5.41, 5.74) is 4.15. The van der Waals surface area contributed by atoms with E-state index in [4.69, 9.17) is 25.5 Å². The molecule has 11 nitrogen and oxygen atoms in total. The quantitative estimate of drug-likeness (QED) is 0.220. The lowest BCUT2D eigenvalue weighted by Gasteiger charge is -2.18. The zero-order chi connectivity index (χ0) is 39.7. The molecule has 0 bridgehead atoms. The van der Waals surface area contributed by atoms with E-state index < -0.39 is 71.7 Å². The van der Waals surface area contributed by atoms with Crippen molar-refractivity contribution in [2.75, 3.05) is 12.3 Å². The molecular weight excluding hydrogens is 730 g/mol. The highest BCUT2D eigenvalue weighted by Crippen LogP contribution is 2.37. The third-order valence-electron chi connectivity index (χ3n) is 6.62. The highest BCUT2D eigenvalue weighted by molar-refractivity contribution is 5.89. The van der Waals surface area contributed by atoms with Gasteiger partial charge in [-0.2, -0.15) is 52.7 Å². The van der Waals surface area contributed by atoms with Crippen molar-refractivity contribution in [1.82, 2.24) is 20.9 Å². The summed E-state index contributed by atoms with van der Waals surface area (Å²) in [5, 5.41) is 22.4. The molecule has 1 aliphatic heterocycles. The first kappa shape index (κ1) is 44.2. The first-order chi connectivity index (χ1) is 23.0. The number of carboxylic acid groups (broad SMARTS) is 2. The third-order valence-corrected chi connectivity index (χ3v) is 6.62. The number of anilines is 1. The Morgan fingerprint density at radius 3 is 1.76 bits per heavy atom. The van der Waals surface area contributed by atoms with Crippen molar-refractivity contribution in [3.8, 4) is 0 Å². The Hall–Kier alpha value is -4.83. The minimum atomic E-state index is -5.08. The maximum absolute atomic E-state index is 13.1. The average Bonchev–Trinajstić information content (AvgIpc) is 3.43. The Balaban J connectivity index is 0.000000780. The van der Waals surface area contributed by atoms with Crippen molar-refractivity contribution in [2.45, 2.75) is 70.0 Å². The summed E-state index contributed by atoms with van der Waals surface area (Å²) in [7, 11) is 0. The summed E-state index contributed by atoms with van der Waals surface area (Å²) >= 11 is 0. The summed E-state index contributed by atoms with van der Waals surface area (Å²) in [6, 6.07) is 3.20. The molecule has 0 spiro atoms. The van der Waals surface area contributed by atoms with Gasteiger partial charge in [-0.25, -0.2) is 14.6 Å². The van der Waals surface area contributed by atoms with Crippen LogP contribution >= 0.6 is 0 Å². The van der Waals surface area contributed by atoms with Gasteiger partial charge < -0.3 is 31.9 Å². The molecule has 0 saturated carbocycles.